The van der Waals surface area contributed by atoms with Crippen molar-refractivity contribution in [1.29, 1.82) is 0 Å². The predicted molar refractivity (Wildman–Crippen MR) is 91.4 cm³/mol. The van der Waals surface area contributed by atoms with Crippen LogP contribution in [0.5, 0.6) is 0 Å². The number of piperidine rings is 1. The number of hydrogen-bond acceptors (Lipinski definition) is 4. The summed E-state index contributed by atoms with van der Waals surface area (Å²) in [5.41, 5.74) is 5.98. The predicted octanol–water partition coefficient (Wildman–Crippen LogP) is 1.26. The zero-order chi connectivity index (χ0) is 17.5. The average Bonchev–Trinajstić information content (AvgIpc) is 2.55. The fourth-order valence-corrected chi connectivity index (χ4v) is 3.05. The first-order valence-electron chi connectivity index (χ1n) is 7.97. The lowest BCUT2D eigenvalue weighted by molar-refractivity contribution is -0.385. The van der Waals surface area contributed by atoms with Crippen molar-refractivity contribution in [2.45, 2.75) is 25.8 Å². The Labute approximate surface area is 140 Å². The molecule has 0 aliphatic carbocycles. The zero-order valence-electron chi connectivity index (χ0n) is 13.8. The highest BCUT2D eigenvalue weighted by Gasteiger charge is 2.24. The molecule has 1 saturated heterocycles. The van der Waals surface area contributed by atoms with Gasteiger partial charge in [-0.1, -0.05) is 18.2 Å². The minimum absolute atomic E-state index is 0.0886. The van der Waals surface area contributed by atoms with Gasteiger partial charge >= 0.3 is 0 Å². The number of hydrogen-bond donors (Lipinski definition) is 2. The summed E-state index contributed by atoms with van der Waals surface area (Å²) in [7, 11) is 1.68. The fraction of sp³-hybridized carbons (Fsp3) is 0.500. The van der Waals surface area contributed by atoms with Crippen LogP contribution in [0.25, 0.3) is 0 Å². The van der Waals surface area contributed by atoms with E-state index >= 15 is 0 Å². The lowest BCUT2D eigenvalue weighted by Gasteiger charge is -2.34. The van der Waals surface area contributed by atoms with Gasteiger partial charge in [-0.3, -0.25) is 19.9 Å². The second kappa shape index (κ2) is 8.28. The van der Waals surface area contributed by atoms with E-state index in [4.69, 9.17) is 5.73 Å². The molecule has 0 saturated carbocycles. The molecule has 1 atom stereocenters. The van der Waals surface area contributed by atoms with Crippen molar-refractivity contribution < 1.29 is 9.72 Å². The molecule has 8 heteroatoms. The molecule has 1 aromatic rings. The fourth-order valence-electron chi connectivity index (χ4n) is 3.05. The summed E-state index contributed by atoms with van der Waals surface area (Å²) >= 11 is 0. The monoisotopic (exact) mass is 333 g/mol. The Morgan fingerprint density at radius 3 is 2.92 bits per heavy atom. The van der Waals surface area contributed by atoms with Crippen molar-refractivity contribution in [1.82, 2.24) is 10.2 Å². The minimum atomic E-state index is -0.385. The topological polar surface area (TPSA) is 114 Å². The summed E-state index contributed by atoms with van der Waals surface area (Å²) in [5.74, 6) is 0.618. The van der Waals surface area contributed by atoms with Gasteiger partial charge in [-0.25, -0.2) is 0 Å². The molecule has 1 heterocycles. The van der Waals surface area contributed by atoms with Gasteiger partial charge in [-0.15, -0.1) is 0 Å². The number of rotatable bonds is 5. The molecule has 24 heavy (non-hydrogen) atoms. The Balaban J connectivity index is 2.00. The summed E-state index contributed by atoms with van der Waals surface area (Å²) in [4.78, 5) is 28.1. The molecule has 1 fully saturated rings. The van der Waals surface area contributed by atoms with Crippen LogP contribution in [0.3, 0.4) is 0 Å². The number of aliphatic imine (C=N–C) groups is 1. The average molecular weight is 333 g/mol. The number of benzene rings is 1. The Bertz CT molecular complexity index is 632. The Morgan fingerprint density at radius 1 is 1.50 bits per heavy atom. The molecule has 130 valence electrons. The number of primary amides is 1. The number of likely N-dealkylation sites (tertiary alicyclic amines) is 1. The van der Waals surface area contributed by atoms with Gasteiger partial charge < -0.3 is 16.0 Å². The number of nitrogens with two attached hydrogens (primary N) is 1. The third kappa shape index (κ3) is 4.68. The molecule has 0 spiro atoms. The van der Waals surface area contributed by atoms with Gasteiger partial charge in [-0.2, -0.15) is 0 Å². The smallest absolute Gasteiger partial charge is 0.274 e. The van der Waals surface area contributed by atoms with E-state index in [1.165, 1.54) is 6.07 Å². The lowest BCUT2D eigenvalue weighted by Crippen LogP contribution is -2.46. The maximum absolute atomic E-state index is 11.1. The first-order chi connectivity index (χ1) is 11.5. The number of carbonyl (C=O) groups is 1. The Morgan fingerprint density at radius 2 is 2.25 bits per heavy atom. The number of nitro benzene ring substituents is 1. The highest BCUT2D eigenvalue weighted by molar-refractivity contribution is 5.80. The molecular weight excluding hydrogens is 310 g/mol. The zero-order valence-corrected chi connectivity index (χ0v) is 13.8. The van der Waals surface area contributed by atoms with Crippen LogP contribution in [0.15, 0.2) is 29.3 Å². The van der Waals surface area contributed by atoms with Crippen molar-refractivity contribution >= 4 is 17.6 Å². The van der Waals surface area contributed by atoms with Crippen LogP contribution in [0, 0.1) is 16.0 Å². The maximum atomic E-state index is 11.1. The van der Waals surface area contributed by atoms with Gasteiger partial charge in [0.25, 0.3) is 5.69 Å². The molecule has 8 nitrogen and oxygen atoms in total. The van der Waals surface area contributed by atoms with Crippen LogP contribution in [-0.4, -0.2) is 41.8 Å². The summed E-state index contributed by atoms with van der Waals surface area (Å²) in [6.45, 7) is 1.87. The third-order valence-electron chi connectivity index (χ3n) is 4.15. The Kier molecular flexibility index (Phi) is 6.11. The number of nitro groups is 1. The second-order valence-corrected chi connectivity index (χ2v) is 5.91. The van der Waals surface area contributed by atoms with Crippen molar-refractivity contribution in [2.75, 3.05) is 20.1 Å². The van der Waals surface area contributed by atoms with Gasteiger partial charge in [0, 0.05) is 44.7 Å². The molecule has 1 aliphatic rings. The molecule has 2 rings (SSSR count). The van der Waals surface area contributed by atoms with E-state index in [2.05, 4.69) is 15.2 Å². The molecule has 1 amide bonds. The Hall–Kier alpha value is -2.64. The van der Waals surface area contributed by atoms with Gasteiger partial charge in [0.1, 0.15) is 0 Å². The standard InChI is InChI=1S/C16H23N5O3/c1-18-16(20-8-4-5-12(11-20)9-15(17)22)19-10-13-6-2-3-7-14(13)21(23)24/h2-3,6-7,12H,4-5,8-11H2,1H3,(H2,17,22)(H,18,19). The number of para-hydroxylation sites is 1. The van der Waals surface area contributed by atoms with E-state index in [1.54, 1.807) is 25.2 Å². The summed E-state index contributed by atoms with van der Waals surface area (Å²) in [6, 6.07) is 6.64. The molecule has 0 aromatic heterocycles. The number of carbonyl (C=O) groups excluding carboxylic acids is 1. The van der Waals surface area contributed by atoms with Crippen molar-refractivity contribution in [3.63, 3.8) is 0 Å². The number of amides is 1. The third-order valence-corrected chi connectivity index (χ3v) is 4.15. The van der Waals surface area contributed by atoms with Crippen LogP contribution < -0.4 is 11.1 Å². The first kappa shape index (κ1) is 17.7. The van der Waals surface area contributed by atoms with E-state index in [0.717, 1.165) is 19.4 Å². The first-order valence-corrected chi connectivity index (χ1v) is 7.97. The van der Waals surface area contributed by atoms with Crippen LogP contribution >= 0.6 is 0 Å². The summed E-state index contributed by atoms with van der Waals surface area (Å²) in [6.07, 6.45) is 2.31. The van der Waals surface area contributed by atoms with Gasteiger partial charge in [0.2, 0.25) is 5.91 Å². The van der Waals surface area contributed by atoms with Gasteiger partial charge in [0.15, 0.2) is 5.96 Å². The molecule has 0 radical (unpaired) electrons. The van der Waals surface area contributed by atoms with Crippen molar-refractivity contribution in [2.24, 2.45) is 16.6 Å². The minimum Gasteiger partial charge on any atom is -0.370 e. The van der Waals surface area contributed by atoms with Gasteiger partial charge in [0.05, 0.1) is 4.92 Å². The van der Waals surface area contributed by atoms with Crippen LogP contribution in [0.2, 0.25) is 0 Å². The van der Waals surface area contributed by atoms with E-state index in [-0.39, 0.29) is 22.4 Å². The van der Waals surface area contributed by atoms with Crippen molar-refractivity contribution in [3.8, 4) is 0 Å². The molecular formula is C16H23N5O3. The molecule has 1 aromatic carbocycles. The number of guanidine groups is 1. The quantitative estimate of drug-likeness (QED) is 0.364. The lowest BCUT2D eigenvalue weighted by atomic mass is 9.95. The molecule has 1 unspecified atom stereocenters. The second-order valence-electron chi connectivity index (χ2n) is 5.91. The normalized spacial score (nSPS) is 18.3. The van der Waals surface area contributed by atoms with Crippen LogP contribution in [0.1, 0.15) is 24.8 Å². The number of nitrogens with one attached hydrogen (secondary N) is 1. The van der Waals surface area contributed by atoms with E-state index in [1.807, 2.05) is 0 Å². The molecule has 0 bridgehead atoms. The van der Waals surface area contributed by atoms with E-state index in [9.17, 15) is 14.9 Å². The van der Waals surface area contributed by atoms with Crippen molar-refractivity contribution in [3.05, 3.63) is 39.9 Å². The maximum Gasteiger partial charge on any atom is 0.274 e. The van der Waals surface area contributed by atoms with E-state index < -0.39 is 0 Å². The molecule has 3 N–H and O–H groups in total. The van der Waals surface area contributed by atoms with E-state index in [0.29, 0.717) is 31.0 Å². The highest BCUT2D eigenvalue weighted by Crippen LogP contribution is 2.20. The highest BCUT2D eigenvalue weighted by atomic mass is 16.6. The van der Waals surface area contributed by atoms with Crippen LogP contribution in [-0.2, 0) is 11.3 Å². The summed E-state index contributed by atoms with van der Waals surface area (Å²) in [5, 5.41) is 14.3. The SMILES string of the molecule is CN=C(NCc1ccccc1[N+](=O)[O-])N1CCCC(CC(N)=O)C1. The van der Waals surface area contributed by atoms with Gasteiger partial charge in [-0.05, 0) is 18.8 Å². The molecule has 1 aliphatic heterocycles. The summed E-state index contributed by atoms with van der Waals surface area (Å²) < 4.78 is 0. The van der Waals surface area contributed by atoms with Crippen LogP contribution in [0.4, 0.5) is 5.69 Å². The number of nitrogens with zero attached hydrogens (tertiary/aromatic N) is 3. The largest absolute Gasteiger partial charge is 0.370 e.